The maximum atomic E-state index is 11.7. The molecule has 0 aliphatic carbocycles. The molecular formula is C16H21NO7. The monoisotopic (exact) mass is 339 g/mol. The maximum Gasteiger partial charge on any atom is 0.408 e. The van der Waals surface area contributed by atoms with E-state index in [1.165, 1.54) is 25.3 Å². The standard InChI is InChI=1S/C16H21NO7/c1-16(2,3)24-15(22)17-11(13(19)20)8-10-7-9(14(21)23-4)5-6-12(10)18/h5-7,11,18H,8H2,1-4H3,(H,17,22)(H,19,20). The fourth-order valence-electron chi connectivity index (χ4n) is 1.86. The van der Waals surface area contributed by atoms with Crippen LogP contribution in [0.15, 0.2) is 18.2 Å². The molecule has 8 nitrogen and oxygen atoms in total. The third kappa shape index (κ3) is 5.79. The maximum absolute atomic E-state index is 11.7. The van der Waals surface area contributed by atoms with Gasteiger partial charge in [0.05, 0.1) is 12.7 Å². The molecule has 0 aliphatic heterocycles. The number of benzene rings is 1. The third-order valence-corrected chi connectivity index (χ3v) is 2.91. The summed E-state index contributed by atoms with van der Waals surface area (Å²) < 4.78 is 9.59. The van der Waals surface area contributed by atoms with Gasteiger partial charge in [-0.3, -0.25) is 0 Å². The van der Waals surface area contributed by atoms with Crippen LogP contribution in [0.2, 0.25) is 0 Å². The Morgan fingerprint density at radius 2 is 1.88 bits per heavy atom. The molecule has 132 valence electrons. The van der Waals surface area contributed by atoms with E-state index < -0.39 is 29.7 Å². The number of nitrogens with one attached hydrogen (secondary N) is 1. The molecule has 0 bridgehead atoms. The average molecular weight is 339 g/mol. The van der Waals surface area contributed by atoms with Crippen LogP contribution < -0.4 is 5.32 Å². The number of ether oxygens (including phenoxy) is 2. The first-order chi connectivity index (χ1) is 11.0. The molecule has 0 saturated carbocycles. The summed E-state index contributed by atoms with van der Waals surface area (Å²) in [6, 6.07) is 2.59. The molecule has 1 atom stereocenters. The number of amides is 1. The number of aromatic hydroxyl groups is 1. The number of esters is 1. The topological polar surface area (TPSA) is 122 Å². The van der Waals surface area contributed by atoms with Crippen molar-refractivity contribution in [2.75, 3.05) is 7.11 Å². The van der Waals surface area contributed by atoms with Crippen LogP contribution in [0.5, 0.6) is 5.75 Å². The summed E-state index contributed by atoms with van der Waals surface area (Å²) in [5.74, 6) is -2.12. The van der Waals surface area contributed by atoms with E-state index in [0.717, 1.165) is 0 Å². The van der Waals surface area contributed by atoms with Crippen molar-refractivity contribution in [3.63, 3.8) is 0 Å². The molecule has 24 heavy (non-hydrogen) atoms. The molecule has 1 rings (SSSR count). The van der Waals surface area contributed by atoms with Crippen LogP contribution in [0.3, 0.4) is 0 Å². The Bertz CT molecular complexity index is 634. The zero-order valence-electron chi connectivity index (χ0n) is 14.0. The van der Waals surface area contributed by atoms with Gasteiger partial charge in [-0.05, 0) is 44.5 Å². The Hall–Kier alpha value is -2.77. The minimum absolute atomic E-state index is 0.159. The van der Waals surface area contributed by atoms with Crippen LogP contribution in [0.1, 0.15) is 36.7 Å². The number of hydrogen-bond donors (Lipinski definition) is 3. The number of carboxylic acid groups (broad SMARTS) is 1. The Labute approximate surface area is 139 Å². The molecular weight excluding hydrogens is 318 g/mol. The highest BCUT2D eigenvalue weighted by atomic mass is 16.6. The van der Waals surface area contributed by atoms with Crippen molar-refractivity contribution in [3.05, 3.63) is 29.3 Å². The van der Waals surface area contributed by atoms with E-state index in [2.05, 4.69) is 10.1 Å². The predicted octanol–water partition coefficient (Wildman–Crippen LogP) is 1.70. The van der Waals surface area contributed by atoms with E-state index in [-0.39, 0.29) is 23.3 Å². The number of alkyl carbamates (subject to hydrolysis) is 1. The minimum atomic E-state index is -1.33. The van der Waals surface area contributed by atoms with Crippen molar-refractivity contribution in [2.24, 2.45) is 0 Å². The van der Waals surface area contributed by atoms with E-state index in [4.69, 9.17) is 4.74 Å². The second-order valence-electron chi connectivity index (χ2n) is 6.08. The van der Waals surface area contributed by atoms with Gasteiger partial charge in [-0.15, -0.1) is 0 Å². The number of rotatable bonds is 5. The lowest BCUT2D eigenvalue weighted by molar-refractivity contribution is -0.139. The first-order valence-electron chi connectivity index (χ1n) is 7.16. The van der Waals surface area contributed by atoms with Crippen molar-refractivity contribution in [1.82, 2.24) is 5.32 Å². The van der Waals surface area contributed by atoms with Crippen LogP contribution in [-0.4, -0.2) is 47.0 Å². The van der Waals surface area contributed by atoms with E-state index in [1.54, 1.807) is 20.8 Å². The molecule has 3 N–H and O–H groups in total. The third-order valence-electron chi connectivity index (χ3n) is 2.91. The molecule has 1 aromatic carbocycles. The molecule has 1 amide bonds. The van der Waals surface area contributed by atoms with Crippen molar-refractivity contribution in [3.8, 4) is 5.75 Å². The Balaban J connectivity index is 2.95. The van der Waals surface area contributed by atoms with E-state index >= 15 is 0 Å². The van der Waals surface area contributed by atoms with Gasteiger partial charge in [0.1, 0.15) is 17.4 Å². The van der Waals surface area contributed by atoms with Gasteiger partial charge in [-0.2, -0.15) is 0 Å². The average Bonchev–Trinajstić information content (AvgIpc) is 2.45. The molecule has 8 heteroatoms. The number of carboxylic acids is 1. The summed E-state index contributed by atoms with van der Waals surface area (Å²) in [5.41, 5.74) is -0.437. The second-order valence-corrected chi connectivity index (χ2v) is 6.08. The molecule has 1 unspecified atom stereocenters. The van der Waals surface area contributed by atoms with E-state index in [1.807, 2.05) is 0 Å². The number of phenolic OH excluding ortho intramolecular Hbond substituents is 1. The summed E-state index contributed by atoms with van der Waals surface area (Å²) in [6.07, 6.45) is -1.12. The van der Waals surface area contributed by atoms with Crippen LogP contribution in [-0.2, 0) is 20.7 Å². The summed E-state index contributed by atoms with van der Waals surface area (Å²) in [6.45, 7) is 4.94. The highest BCUT2D eigenvalue weighted by Gasteiger charge is 2.25. The zero-order valence-corrected chi connectivity index (χ0v) is 14.0. The molecule has 0 aliphatic rings. The normalized spacial score (nSPS) is 12.2. The summed E-state index contributed by atoms with van der Waals surface area (Å²) >= 11 is 0. The number of carbonyl (C=O) groups is 3. The van der Waals surface area contributed by atoms with E-state index in [0.29, 0.717) is 0 Å². The summed E-state index contributed by atoms with van der Waals surface area (Å²) in [7, 11) is 1.21. The van der Waals surface area contributed by atoms with Gasteiger partial charge in [-0.1, -0.05) is 0 Å². The molecule has 0 fully saturated rings. The lowest BCUT2D eigenvalue weighted by Crippen LogP contribution is -2.44. The van der Waals surface area contributed by atoms with Gasteiger partial charge < -0.3 is 25.0 Å². The second kappa shape index (κ2) is 7.67. The number of carbonyl (C=O) groups excluding carboxylic acids is 2. The van der Waals surface area contributed by atoms with Gasteiger partial charge in [0.15, 0.2) is 0 Å². The zero-order chi connectivity index (χ0) is 18.5. The Morgan fingerprint density at radius 3 is 2.38 bits per heavy atom. The largest absolute Gasteiger partial charge is 0.508 e. The highest BCUT2D eigenvalue weighted by molar-refractivity contribution is 5.90. The van der Waals surface area contributed by atoms with Gasteiger partial charge >= 0.3 is 18.0 Å². The first kappa shape index (κ1) is 19.3. The van der Waals surface area contributed by atoms with Crippen molar-refractivity contribution in [2.45, 2.75) is 38.8 Å². The molecule has 0 heterocycles. The molecule has 0 spiro atoms. The molecule has 0 aromatic heterocycles. The van der Waals surface area contributed by atoms with Crippen LogP contribution in [0, 0.1) is 0 Å². The van der Waals surface area contributed by atoms with Gasteiger partial charge in [0.25, 0.3) is 0 Å². The van der Waals surface area contributed by atoms with Crippen LogP contribution >= 0.6 is 0 Å². The SMILES string of the molecule is COC(=O)c1ccc(O)c(CC(NC(=O)OC(C)(C)C)C(=O)O)c1. The number of methoxy groups -OCH3 is 1. The molecule has 0 radical (unpaired) electrons. The summed E-state index contributed by atoms with van der Waals surface area (Å²) in [5, 5.41) is 21.3. The van der Waals surface area contributed by atoms with Gasteiger partial charge in [0, 0.05) is 6.42 Å². The molecule has 0 saturated heterocycles. The van der Waals surface area contributed by atoms with Crippen LogP contribution in [0.4, 0.5) is 4.79 Å². The van der Waals surface area contributed by atoms with Crippen molar-refractivity contribution in [1.29, 1.82) is 0 Å². The molecule has 1 aromatic rings. The van der Waals surface area contributed by atoms with Gasteiger partial charge in [-0.25, -0.2) is 14.4 Å². The van der Waals surface area contributed by atoms with Crippen molar-refractivity contribution >= 4 is 18.0 Å². The predicted molar refractivity (Wildman–Crippen MR) is 83.9 cm³/mol. The van der Waals surface area contributed by atoms with Crippen molar-refractivity contribution < 1.29 is 34.1 Å². The quantitative estimate of drug-likeness (QED) is 0.698. The smallest absolute Gasteiger partial charge is 0.408 e. The minimum Gasteiger partial charge on any atom is -0.508 e. The number of aliphatic carboxylic acids is 1. The van der Waals surface area contributed by atoms with E-state index in [9.17, 15) is 24.6 Å². The Morgan fingerprint density at radius 1 is 1.25 bits per heavy atom. The highest BCUT2D eigenvalue weighted by Crippen LogP contribution is 2.21. The summed E-state index contributed by atoms with van der Waals surface area (Å²) in [4.78, 5) is 34.6. The van der Waals surface area contributed by atoms with Gasteiger partial charge in [0.2, 0.25) is 0 Å². The fourth-order valence-corrected chi connectivity index (χ4v) is 1.86. The first-order valence-corrected chi connectivity index (χ1v) is 7.16. The lowest BCUT2D eigenvalue weighted by atomic mass is 10.0. The fraction of sp³-hybridized carbons (Fsp3) is 0.438. The number of phenols is 1. The Kier molecular flexibility index (Phi) is 6.16. The van der Waals surface area contributed by atoms with Crippen LogP contribution in [0.25, 0.3) is 0 Å². The lowest BCUT2D eigenvalue weighted by Gasteiger charge is -2.22. The number of hydrogen-bond acceptors (Lipinski definition) is 6.